The number of amides is 1. The minimum Gasteiger partial charge on any atom is -0.504 e. The zero-order chi connectivity index (χ0) is 22.2. The molecular formula is C25H31N3O3. The van der Waals surface area contributed by atoms with Crippen molar-refractivity contribution in [3.05, 3.63) is 53.7 Å². The number of aromatic hydroxyl groups is 2. The van der Waals surface area contributed by atoms with Gasteiger partial charge in [0, 0.05) is 27.7 Å². The average molecular weight is 422 g/mol. The number of anilines is 1. The van der Waals surface area contributed by atoms with Crippen molar-refractivity contribution in [1.29, 1.82) is 0 Å². The van der Waals surface area contributed by atoms with Gasteiger partial charge in [0.05, 0.1) is 5.41 Å². The van der Waals surface area contributed by atoms with Gasteiger partial charge in [-0.1, -0.05) is 19.9 Å². The van der Waals surface area contributed by atoms with Gasteiger partial charge in [-0.05, 0) is 81.2 Å². The monoisotopic (exact) mass is 421 g/mol. The number of fused-ring (bicyclic) bond motifs is 1. The van der Waals surface area contributed by atoms with Gasteiger partial charge in [-0.3, -0.25) is 4.79 Å². The first-order valence-corrected chi connectivity index (χ1v) is 10.9. The second kappa shape index (κ2) is 7.93. The Morgan fingerprint density at radius 3 is 2.55 bits per heavy atom. The summed E-state index contributed by atoms with van der Waals surface area (Å²) in [5.74, 6) is -0.460. The second-order valence-corrected chi connectivity index (χ2v) is 9.32. The Kier molecular flexibility index (Phi) is 5.43. The Morgan fingerprint density at radius 2 is 1.87 bits per heavy atom. The lowest BCUT2D eigenvalue weighted by Gasteiger charge is -2.23. The molecule has 0 aliphatic heterocycles. The summed E-state index contributed by atoms with van der Waals surface area (Å²) < 4.78 is 0. The number of aromatic amines is 1. The summed E-state index contributed by atoms with van der Waals surface area (Å²) >= 11 is 0. The number of carbonyl (C=O) groups excluding carboxylic acids is 1. The predicted octanol–water partition coefficient (Wildman–Crippen LogP) is 4.53. The molecule has 1 aliphatic carbocycles. The number of carbonyl (C=O) groups is 1. The molecule has 0 atom stereocenters. The molecule has 1 fully saturated rings. The summed E-state index contributed by atoms with van der Waals surface area (Å²) in [7, 11) is 1.97. The molecule has 1 aliphatic rings. The molecule has 0 unspecified atom stereocenters. The largest absolute Gasteiger partial charge is 0.504 e. The number of nitrogens with one attached hydrogen (secondary N) is 3. The van der Waals surface area contributed by atoms with Gasteiger partial charge in [0.25, 0.3) is 0 Å². The molecule has 1 heterocycles. The van der Waals surface area contributed by atoms with Crippen LogP contribution in [-0.2, 0) is 15.6 Å². The van der Waals surface area contributed by atoms with Crippen LogP contribution in [0.1, 0.15) is 50.8 Å². The van der Waals surface area contributed by atoms with Crippen molar-refractivity contribution in [2.24, 2.45) is 0 Å². The van der Waals surface area contributed by atoms with Crippen molar-refractivity contribution < 1.29 is 15.0 Å². The van der Waals surface area contributed by atoms with E-state index in [-0.39, 0.29) is 22.8 Å². The van der Waals surface area contributed by atoms with Crippen molar-refractivity contribution in [3.8, 4) is 11.5 Å². The van der Waals surface area contributed by atoms with Gasteiger partial charge >= 0.3 is 0 Å². The highest BCUT2D eigenvalue weighted by Crippen LogP contribution is 2.50. The van der Waals surface area contributed by atoms with Crippen LogP contribution >= 0.6 is 0 Å². The molecule has 6 heteroatoms. The van der Waals surface area contributed by atoms with Crippen LogP contribution in [0, 0.1) is 0 Å². The van der Waals surface area contributed by atoms with E-state index in [0.717, 1.165) is 54.4 Å². The Labute approximate surface area is 182 Å². The third-order valence-corrected chi connectivity index (χ3v) is 6.55. The lowest BCUT2D eigenvalue weighted by atomic mass is 9.84. The van der Waals surface area contributed by atoms with Crippen LogP contribution in [0.3, 0.4) is 0 Å². The second-order valence-electron chi connectivity index (χ2n) is 9.32. The van der Waals surface area contributed by atoms with Gasteiger partial charge in [-0.15, -0.1) is 0 Å². The van der Waals surface area contributed by atoms with Crippen molar-refractivity contribution >= 4 is 22.5 Å². The summed E-state index contributed by atoms with van der Waals surface area (Å²) in [6.07, 6.45) is 3.63. The first-order chi connectivity index (χ1) is 14.7. The van der Waals surface area contributed by atoms with Gasteiger partial charge in [0.15, 0.2) is 11.5 Å². The highest BCUT2D eigenvalue weighted by atomic mass is 16.3. The van der Waals surface area contributed by atoms with Crippen LogP contribution in [0.25, 0.3) is 10.9 Å². The number of H-pyrrole nitrogens is 1. The van der Waals surface area contributed by atoms with E-state index in [4.69, 9.17) is 0 Å². The number of hydrogen-bond donors (Lipinski definition) is 5. The number of hydrogen-bond acceptors (Lipinski definition) is 4. The summed E-state index contributed by atoms with van der Waals surface area (Å²) in [4.78, 5) is 16.6. The molecule has 0 saturated heterocycles. The quantitative estimate of drug-likeness (QED) is 0.273. The van der Waals surface area contributed by atoms with E-state index in [1.807, 2.05) is 25.2 Å². The van der Waals surface area contributed by atoms with Crippen LogP contribution in [0.4, 0.5) is 5.69 Å². The SMILES string of the molecule is CNCCCC(C)(C)c1cc2cc(NC(=O)C3(c4ccc(O)c(O)c4)CC3)ccc2[nH]1. The van der Waals surface area contributed by atoms with E-state index in [1.165, 1.54) is 17.8 Å². The Hall–Kier alpha value is -2.99. The minimum atomic E-state index is -0.640. The fourth-order valence-corrected chi connectivity index (χ4v) is 4.26. The van der Waals surface area contributed by atoms with Gasteiger partial charge in [-0.25, -0.2) is 0 Å². The van der Waals surface area contributed by atoms with Crippen molar-refractivity contribution in [2.75, 3.05) is 18.9 Å². The standard InChI is InChI=1S/C25H31N3O3/c1-24(2,9-4-12-26-3)22-14-16-13-18(6-7-19(16)28-22)27-23(31)25(10-11-25)17-5-8-20(29)21(30)15-17/h5-8,13-15,26,28-30H,4,9-12H2,1-3H3,(H,27,31). The zero-order valence-corrected chi connectivity index (χ0v) is 18.4. The van der Waals surface area contributed by atoms with E-state index in [0.29, 0.717) is 0 Å². The van der Waals surface area contributed by atoms with E-state index in [1.54, 1.807) is 6.07 Å². The fraction of sp³-hybridized carbons (Fsp3) is 0.400. The number of aromatic nitrogens is 1. The number of phenols is 2. The molecule has 4 rings (SSSR count). The Balaban J connectivity index is 1.52. The molecule has 0 bridgehead atoms. The maximum atomic E-state index is 13.1. The first kappa shape index (κ1) is 21.2. The molecule has 1 amide bonds. The summed E-state index contributed by atoms with van der Waals surface area (Å²) in [6, 6.07) is 12.7. The molecule has 1 aromatic heterocycles. The van der Waals surface area contributed by atoms with Crippen LogP contribution < -0.4 is 10.6 Å². The van der Waals surface area contributed by atoms with Gasteiger partial charge < -0.3 is 25.8 Å². The molecule has 6 nitrogen and oxygen atoms in total. The highest BCUT2D eigenvalue weighted by molar-refractivity contribution is 6.02. The lowest BCUT2D eigenvalue weighted by Crippen LogP contribution is -2.27. The molecule has 3 aromatic rings. The van der Waals surface area contributed by atoms with Gasteiger partial charge in [-0.2, -0.15) is 0 Å². The normalized spacial score (nSPS) is 15.2. The molecule has 0 spiro atoms. The predicted molar refractivity (Wildman–Crippen MR) is 124 cm³/mol. The van der Waals surface area contributed by atoms with E-state index in [2.05, 4.69) is 35.5 Å². The van der Waals surface area contributed by atoms with E-state index in [9.17, 15) is 15.0 Å². The summed E-state index contributed by atoms with van der Waals surface area (Å²) in [5, 5.41) is 26.7. The zero-order valence-electron chi connectivity index (χ0n) is 18.4. The first-order valence-electron chi connectivity index (χ1n) is 10.9. The van der Waals surface area contributed by atoms with Gasteiger partial charge in [0.2, 0.25) is 5.91 Å². The minimum absolute atomic E-state index is 0.0399. The molecule has 1 saturated carbocycles. The van der Waals surface area contributed by atoms with Crippen molar-refractivity contribution in [1.82, 2.24) is 10.3 Å². The third kappa shape index (κ3) is 4.12. The fourth-order valence-electron chi connectivity index (χ4n) is 4.26. The third-order valence-electron chi connectivity index (χ3n) is 6.55. The smallest absolute Gasteiger partial charge is 0.235 e. The van der Waals surface area contributed by atoms with Crippen LogP contribution in [0.5, 0.6) is 11.5 Å². The molecule has 5 N–H and O–H groups in total. The maximum absolute atomic E-state index is 13.1. The van der Waals surface area contributed by atoms with Crippen LogP contribution in [-0.4, -0.2) is 34.7 Å². The average Bonchev–Trinajstić information content (AvgIpc) is 3.43. The maximum Gasteiger partial charge on any atom is 0.235 e. The highest BCUT2D eigenvalue weighted by Gasteiger charge is 2.51. The number of rotatable bonds is 8. The summed E-state index contributed by atoms with van der Waals surface area (Å²) in [6.45, 7) is 5.50. The van der Waals surface area contributed by atoms with E-state index < -0.39 is 5.41 Å². The lowest BCUT2D eigenvalue weighted by molar-refractivity contribution is -0.118. The topological polar surface area (TPSA) is 97.4 Å². The molecule has 164 valence electrons. The Morgan fingerprint density at radius 1 is 1.10 bits per heavy atom. The van der Waals surface area contributed by atoms with Crippen molar-refractivity contribution in [2.45, 2.75) is 50.4 Å². The molecule has 2 aromatic carbocycles. The number of benzene rings is 2. The van der Waals surface area contributed by atoms with Crippen LogP contribution in [0.2, 0.25) is 0 Å². The van der Waals surface area contributed by atoms with E-state index >= 15 is 0 Å². The number of phenolic OH excluding ortho intramolecular Hbond substituents is 2. The molecule has 31 heavy (non-hydrogen) atoms. The summed E-state index contributed by atoms with van der Waals surface area (Å²) in [5.41, 5.74) is 3.13. The van der Waals surface area contributed by atoms with Crippen molar-refractivity contribution in [3.63, 3.8) is 0 Å². The molecular weight excluding hydrogens is 390 g/mol. The molecule has 0 radical (unpaired) electrons. The van der Waals surface area contributed by atoms with Crippen LogP contribution in [0.15, 0.2) is 42.5 Å². The Bertz CT molecular complexity index is 1110. The van der Waals surface area contributed by atoms with Gasteiger partial charge in [0.1, 0.15) is 0 Å².